The number of carbonyl (C=O) groups excluding carboxylic acids is 1. The summed E-state index contributed by atoms with van der Waals surface area (Å²) >= 11 is 3.42. The summed E-state index contributed by atoms with van der Waals surface area (Å²) in [6.07, 6.45) is 8.94. The van der Waals surface area contributed by atoms with Crippen LogP contribution in [0.4, 0.5) is 11.8 Å². The molecule has 1 aromatic heterocycles. The zero-order valence-electron chi connectivity index (χ0n) is 18.5. The van der Waals surface area contributed by atoms with Crippen LogP contribution in [0.2, 0.25) is 0 Å². The molecular weight excluding hydrogens is 454 g/mol. The molecule has 1 fully saturated rings. The number of benzene rings is 1. The summed E-state index contributed by atoms with van der Waals surface area (Å²) in [5, 5.41) is 6.71. The van der Waals surface area contributed by atoms with Gasteiger partial charge in [0.25, 0.3) is 5.91 Å². The highest BCUT2D eigenvalue weighted by Gasteiger charge is 2.24. The molecule has 7 heteroatoms. The van der Waals surface area contributed by atoms with Gasteiger partial charge in [0.05, 0.1) is 5.69 Å². The van der Waals surface area contributed by atoms with Crippen molar-refractivity contribution < 1.29 is 4.79 Å². The van der Waals surface area contributed by atoms with Crippen LogP contribution in [-0.4, -0.2) is 42.6 Å². The lowest BCUT2D eigenvalue weighted by atomic mass is 9.86. The highest BCUT2D eigenvalue weighted by molar-refractivity contribution is 9.10. The van der Waals surface area contributed by atoms with Gasteiger partial charge >= 0.3 is 0 Å². The Hall–Kier alpha value is -2.15. The number of aromatic nitrogens is 2. The zero-order chi connectivity index (χ0) is 21.8. The van der Waals surface area contributed by atoms with Crippen LogP contribution in [0.3, 0.4) is 0 Å². The van der Waals surface area contributed by atoms with Gasteiger partial charge in [0.2, 0.25) is 5.95 Å². The van der Waals surface area contributed by atoms with Gasteiger partial charge in [-0.1, -0.05) is 22.0 Å². The number of hydrogen-bond acceptors (Lipinski definition) is 5. The number of aryl methyl sites for hydroxylation is 1. The first kappa shape index (κ1) is 22.1. The lowest BCUT2D eigenvalue weighted by molar-refractivity contribution is 0.0943. The third-order valence-corrected chi connectivity index (χ3v) is 6.90. The third-order valence-electron chi connectivity index (χ3n) is 6.40. The highest BCUT2D eigenvalue weighted by Crippen LogP contribution is 2.30. The molecule has 2 aromatic rings. The van der Waals surface area contributed by atoms with Crippen LogP contribution in [0.15, 0.2) is 28.7 Å². The maximum atomic E-state index is 12.4. The average molecular weight is 486 g/mol. The highest BCUT2D eigenvalue weighted by atomic mass is 79.9. The average Bonchev–Trinajstić information content (AvgIpc) is 2.77. The Morgan fingerprint density at radius 2 is 1.90 bits per heavy atom. The van der Waals surface area contributed by atoms with E-state index in [1.54, 1.807) is 0 Å². The Morgan fingerprint density at radius 3 is 2.65 bits per heavy atom. The van der Waals surface area contributed by atoms with Gasteiger partial charge in [-0.05, 0) is 75.5 Å². The molecule has 1 aromatic carbocycles. The Bertz CT molecular complexity index is 924. The molecule has 6 nitrogen and oxygen atoms in total. The van der Waals surface area contributed by atoms with Crippen molar-refractivity contribution in [3.63, 3.8) is 0 Å². The molecule has 0 spiro atoms. The van der Waals surface area contributed by atoms with Gasteiger partial charge in [0.15, 0.2) is 0 Å². The lowest BCUT2D eigenvalue weighted by Gasteiger charge is -2.30. The van der Waals surface area contributed by atoms with E-state index in [1.807, 2.05) is 24.3 Å². The summed E-state index contributed by atoms with van der Waals surface area (Å²) in [6.45, 7) is 0.734. The fourth-order valence-electron chi connectivity index (χ4n) is 4.67. The van der Waals surface area contributed by atoms with Gasteiger partial charge in [-0.25, -0.2) is 4.98 Å². The van der Waals surface area contributed by atoms with Gasteiger partial charge in [0.1, 0.15) is 5.82 Å². The first-order chi connectivity index (χ1) is 15.0. The molecule has 4 rings (SSSR count). The molecule has 2 aliphatic rings. The second kappa shape index (κ2) is 9.98. The number of nitrogens with one attached hydrogen (secondary N) is 2. The molecule has 166 valence electrons. The Labute approximate surface area is 193 Å². The summed E-state index contributed by atoms with van der Waals surface area (Å²) in [5.74, 6) is 2.36. The quantitative estimate of drug-likeness (QED) is 0.626. The van der Waals surface area contributed by atoms with Crippen molar-refractivity contribution in [3.05, 3.63) is 45.6 Å². The molecular formula is C24H32BrN5O. The minimum atomic E-state index is 0.000206. The SMILES string of the molecule is CN(C)c1nc(NC2CCC(CNC(=O)c3cccc(Br)c3)CC2)nc2c1CCCC2. The number of carbonyl (C=O) groups is 1. The largest absolute Gasteiger partial charge is 0.362 e. The van der Waals surface area contributed by atoms with Gasteiger partial charge in [-0.3, -0.25) is 4.79 Å². The fourth-order valence-corrected chi connectivity index (χ4v) is 5.07. The predicted molar refractivity (Wildman–Crippen MR) is 129 cm³/mol. The van der Waals surface area contributed by atoms with E-state index in [0.717, 1.165) is 61.3 Å². The monoisotopic (exact) mass is 485 g/mol. The van der Waals surface area contributed by atoms with E-state index in [2.05, 4.69) is 45.6 Å². The third kappa shape index (κ3) is 5.56. The van der Waals surface area contributed by atoms with Crippen molar-refractivity contribution in [1.82, 2.24) is 15.3 Å². The van der Waals surface area contributed by atoms with Crippen LogP contribution in [0.1, 0.15) is 60.1 Å². The number of anilines is 2. The van der Waals surface area contributed by atoms with Crippen molar-refractivity contribution in [1.29, 1.82) is 0 Å². The number of fused-ring (bicyclic) bond motifs is 1. The summed E-state index contributed by atoms with van der Waals surface area (Å²) < 4.78 is 0.925. The second-order valence-corrected chi connectivity index (χ2v) is 9.90. The molecule has 0 aliphatic heterocycles. The lowest BCUT2D eigenvalue weighted by Crippen LogP contribution is -2.34. The summed E-state index contributed by atoms with van der Waals surface area (Å²) in [6, 6.07) is 7.92. The first-order valence-corrected chi connectivity index (χ1v) is 12.2. The van der Waals surface area contributed by atoms with E-state index in [4.69, 9.17) is 9.97 Å². The molecule has 31 heavy (non-hydrogen) atoms. The zero-order valence-corrected chi connectivity index (χ0v) is 20.0. The molecule has 0 bridgehead atoms. The Kier molecular flexibility index (Phi) is 7.10. The summed E-state index contributed by atoms with van der Waals surface area (Å²) in [7, 11) is 4.13. The molecule has 1 heterocycles. The van der Waals surface area contributed by atoms with Crippen molar-refractivity contribution in [3.8, 4) is 0 Å². The summed E-state index contributed by atoms with van der Waals surface area (Å²) in [5.41, 5.74) is 3.24. The normalized spacial score (nSPS) is 20.6. The molecule has 2 aliphatic carbocycles. The van der Waals surface area contributed by atoms with Crippen molar-refractivity contribution >= 4 is 33.6 Å². The van der Waals surface area contributed by atoms with Gasteiger partial charge in [-0.15, -0.1) is 0 Å². The van der Waals surface area contributed by atoms with Crippen LogP contribution in [-0.2, 0) is 12.8 Å². The number of amides is 1. The fraction of sp³-hybridized carbons (Fsp3) is 0.542. The van der Waals surface area contributed by atoms with Gasteiger partial charge < -0.3 is 15.5 Å². The minimum Gasteiger partial charge on any atom is -0.362 e. The Balaban J connectivity index is 1.29. The molecule has 2 N–H and O–H groups in total. The van der Waals surface area contributed by atoms with Gasteiger partial charge in [-0.2, -0.15) is 4.98 Å². The van der Waals surface area contributed by atoms with E-state index < -0.39 is 0 Å². The topological polar surface area (TPSA) is 70.2 Å². The Morgan fingerprint density at radius 1 is 1.13 bits per heavy atom. The van der Waals surface area contributed by atoms with E-state index in [-0.39, 0.29) is 5.91 Å². The van der Waals surface area contributed by atoms with E-state index in [0.29, 0.717) is 17.5 Å². The van der Waals surface area contributed by atoms with Crippen molar-refractivity contribution in [2.45, 2.75) is 57.4 Å². The molecule has 0 unspecified atom stereocenters. The minimum absolute atomic E-state index is 0.000206. The van der Waals surface area contributed by atoms with Crippen LogP contribution >= 0.6 is 15.9 Å². The maximum absolute atomic E-state index is 12.4. The number of hydrogen-bond donors (Lipinski definition) is 2. The number of rotatable bonds is 6. The van der Waals surface area contributed by atoms with Crippen LogP contribution in [0.5, 0.6) is 0 Å². The van der Waals surface area contributed by atoms with Crippen LogP contribution < -0.4 is 15.5 Å². The maximum Gasteiger partial charge on any atom is 0.251 e. The van der Waals surface area contributed by atoms with E-state index in [1.165, 1.54) is 24.1 Å². The molecule has 0 saturated heterocycles. The van der Waals surface area contributed by atoms with Crippen molar-refractivity contribution in [2.75, 3.05) is 30.9 Å². The predicted octanol–water partition coefficient (Wildman–Crippen LogP) is 4.58. The smallest absolute Gasteiger partial charge is 0.251 e. The van der Waals surface area contributed by atoms with Gasteiger partial charge in [0, 0.05) is 42.3 Å². The first-order valence-electron chi connectivity index (χ1n) is 11.4. The molecule has 1 saturated carbocycles. The van der Waals surface area contributed by atoms with Crippen molar-refractivity contribution in [2.24, 2.45) is 5.92 Å². The molecule has 0 atom stereocenters. The number of nitrogens with zero attached hydrogens (tertiary/aromatic N) is 3. The standard InChI is InChI=1S/C24H32BrN5O/c1-30(2)22-20-8-3-4-9-21(20)28-24(29-22)27-19-12-10-16(11-13-19)15-26-23(31)17-6-5-7-18(25)14-17/h5-7,14,16,19H,3-4,8-13,15H2,1-2H3,(H,26,31)(H,27,28,29). The van der Waals surface area contributed by atoms with E-state index >= 15 is 0 Å². The second-order valence-electron chi connectivity index (χ2n) is 8.98. The van der Waals surface area contributed by atoms with E-state index in [9.17, 15) is 4.79 Å². The molecule has 1 amide bonds. The number of halogens is 1. The van der Waals surface area contributed by atoms with Crippen LogP contribution in [0.25, 0.3) is 0 Å². The summed E-state index contributed by atoms with van der Waals surface area (Å²) in [4.78, 5) is 24.2. The molecule has 0 radical (unpaired) electrons. The van der Waals surface area contributed by atoms with Crippen LogP contribution in [0, 0.1) is 5.92 Å².